The van der Waals surface area contributed by atoms with E-state index in [0.717, 1.165) is 27.8 Å². The number of hydrogen-bond acceptors (Lipinski definition) is 2. The number of hydrogen-bond donors (Lipinski definition) is 0. The summed E-state index contributed by atoms with van der Waals surface area (Å²) in [4.78, 5) is 32.4. The summed E-state index contributed by atoms with van der Waals surface area (Å²) >= 11 is 0. The molecule has 2 unspecified atom stereocenters. The van der Waals surface area contributed by atoms with Gasteiger partial charge in [0.15, 0.2) is 5.54 Å². The highest BCUT2D eigenvalue weighted by Crippen LogP contribution is 2.54. The summed E-state index contributed by atoms with van der Waals surface area (Å²) in [5.74, 6) is -0.212. The zero-order chi connectivity index (χ0) is 26.0. The fourth-order valence-electron chi connectivity index (χ4n) is 5.48. The molecular formula is C33H32N2O2. The molecule has 1 aliphatic heterocycles. The third kappa shape index (κ3) is 4.23. The standard InChI is InChI=1S/C33H32N2O2/c1-4-34-30(27-19-15-24(2)16-20-27)33(32(34)37,29-21-17-25(3)18-22-29)35(23-26-11-7-5-8-12-26)31(36)28-13-9-6-10-14-28/h5-22,30H,4,23H2,1-3H3. The van der Waals surface area contributed by atoms with Gasteiger partial charge in [-0.2, -0.15) is 0 Å². The summed E-state index contributed by atoms with van der Waals surface area (Å²) in [6, 6.07) is 35.3. The van der Waals surface area contributed by atoms with E-state index in [4.69, 9.17) is 0 Å². The van der Waals surface area contributed by atoms with Crippen molar-refractivity contribution in [3.8, 4) is 0 Å². The van der Waals surface area contributed by atoms with Gasteiger partial charge < -0.3 is 9.80 Å². The average Bonchev–Trinajstić information content (AvgIpc) is 2.93. The molecule has 0 saturated carbocycles. The monoisotopic (exact) mass is 488 g/mol. The molecule has 4 aromatic carbocycles. The maximum atomic E-state index is 14.4. The maximum absolute atomic E-state index is 14.4. The SMILES string of the molecule is CCN1C(=O)C(c2ccc(C)cc2)(N(Cc2ccccc2)C(=O)c2ccccc2)C1c1ccc(C)cc1. The van der Waals surface area contributed by atoms with Crippen LogP contribution in [0.2, 0.25) is 0 Å². The smallest absolute Gasteiger partial charge is 0.256 e. The van der Waals surface area contributed by atoms with Gasteiger partial charge in [-0.3, -0.25) is 9.59 Å². The molecule has 1 saturated heterocycles. The first-order chi connectivity index (χ1) is 18.0. The van der Waals surface area contributed by atoms with Crippen LogP contribution in [-0.2, 0) is 16.9 Å². The van der Waals surface area contributed by atoms with E-state index >= 15 is 0 Å². The third-order valence-corrected chi connectivity index (χ3v) is 7.39. The van der Waals surface area contributed by atoms with Crippen molar-refractivity contribution in [1.82, 2.24) is 9.80 Å². The number of aryl methyl sites for hydroxylation is 2. The van der Waals surface area contributed by atoms with Crippen LogP contribution in [0.1, 0.15) is 51.1 Å². The van der Waals surface area contributed by atoms with Gasteiger partial charge >= 0.3 is 0 Å². The van der Waals surface area contributed by atoms with Crippen molar-refractivity contribution in [2.75, 3.05) is 6.54 Å². The minimum Gasteiger partial charge on any atom is -0.330 e. The van der Waals surface area contributed by atoms with Crippen molar-refractivity contribution >= 4 is 11.8 Å². The van der Waals surface area contributed by atoms with Gasteiger partial charge in [-0.15, -0.1) is 0 Å². The lowest BCUT2D eigenvalue weighted by molar-refractivity contribution is -0.177. The third-order valence-electron chi connectivity index (χ3n) is 7.39. The number of rotatable bonds is 7. The molecule has 2 atom stereocenters. The first kappa shape index (κ1) is 24.5. The van der Waals surface area contributed by atoms with Crippen molar-refractivity contribution in [1.29, 1.82) is 0 Å². The normalized spacial score (nSPS) is 18.8. The summed E-state index contributed by atoms with van der Waals surface area (Å²) < 4.78 is 0. The second-order valence-corrected chi connectivity index (χ2v) is 9.78. The number of β-lactam (4-membered cyclic amide) rings is 1. The predicted octanol–water partition coefficient (Wildman–Crippen LogP) is 6.44. The number of likely N-dealkylation sites (N-methyl/N-ethyl adjacent to an activating group) is 1. The molecule has 4 nitrogen and oxygen atoms in total. The molecule has 0 radical (unpaired) electrons. The fourth-order valence-corrected chi connectivity index (χ4v) is 5.48. The molecule has 186 valence electrons. The summed E-state index contributed by atoms with van der Waals surface area (Å²) in [6.07, 6.45) is 0. The first-order valence-electron chi connectivity index (χ1n) is 12.8. The highest BCUT2D eigenvalue weighted by atomic mass is 16.2. The van der Waals surface area contributed by atoms with Crippen LogP contribution in [0.15, 0.2) is 109 Å². The van der Waals surface area contributed by atoms with E-state index in [1.54, 1.807) is 4.90 Å². The van der Waals surface area contributed by atoms with Crippen molar-refractivity contribution in [2.24, 2.45) is 0 Å². The largest absolute Gasteiger partial charge is 0.330 e. The molecule has 0 spiro atoms. The van der Waals surface area contributed by atoms with E-state index in [1.165, 1.54) is 0 Å². The number of nitrogens with zero attached hydrogens (tertiary/aromatic N) is 2. The Kier molecular flexibility index (Phi) is 6.66. The molecule has 2 amide bonds. The Morgan fingerprint density at radius 1 is 0.784 bits per heavy atom. The first-order valence-corrected chi connectivity index (χ1v) is 12.8. The minimum atomic E-state index is -1.18. The summed E-state index contributed by atoms with van der Waals surface area (Å²) in [5, 5.41) is 0. The number of amides is 2. The molecule has 1 heterocycles. The molecule has 1 aliphatic rings. The van der Waals surface area contributed by atoms with Crippen LogP contribution >= 0.6 is 0 Å². The van der Waals surface area contributed by atoms with Crippen LogP contribution in [0, 0.1) is 13.8 Å². The second kappa shape index (κ2) is 10.1. The second-order valence-electron chi connectivity index (χ2n) is 9.78. The Morgan fingerprint density at radius 3 is 1.89 bits per heavy atom. The molecule has 1 fully saturated rings. The van der Waals surface area contributed by atoms with Crippen LogP contribution in [-0.4, -0.2) is 28.2 Å². The number of likely N-dealkylation sites (tertiary alicyclic amines) is 1. The van der Waals surface area contributed by atoms with Crippen molar-refractivity contribution in [3.05, 3.63) is 143 Å². The van der Waals surface area contributed by atoms with Crippen molar-refractivity contribution < 1.29 is 9.59 Å². The van der Waals surface area contributed by atoms with E-state index in [1.807, 2.05) is 104 Å². The Balaban J connectivity index is 1.76. The average molecular weight is 489 g/mol. The Labute approximate surface area is 219 Å². The van der Waals surface area contributed by atoms with Gasteiger partial charge in [0.1, 0.15) is 0 Å². The lowest BCUT2D eigenvalue weighted by Gasteiger charge is -2.60. The van der Waals surface area contributed by atoms with Crippen molar-refractivity contribution in [3.63, 3.8) is 0 Å². The zero-order valence-electron chi connectivity index (χ0n) is 21.6. The molecule has 4 aromatic rings. The van der Waals surface area contributed by atoms with Crippen LogP contribution in [0.4, 0.5) is 0 Å². The summed E-state index contributed by atoms with van der Waals surface area (Å²) in [6.45, 7) is 6.96. The van der Waals surface area contributed by atoms with E-state index in [9.17, 15) is 9.59 Å². The van der Waals surface area contributed by atoms with E-state index in [-0.39, 0.29) is 17.9 Å². The lowest BCUT2D eigenvalue weighted by atomic mass is 9.68. The number of carbonyl (C=O) groups excluding carboxylic acids is 2. The van der Waals surface area contributed by atoms with Gasteiger partial charge in [-0.25, -0.2) is 0 Å². The molecule has 5 rings (SSSR count). The van der Waals surface area contributed by atoms with Crippen LogP contribution in [0.25, 0.3) is 0 Å². The molecule has 0 N–H and O–H groups in total. The van der Waals surface area contributed by atoms with Gasteiger partial charge in [-0.1, -0.05) is 108 Å². The van der Waals surface area contributed by atoms with Gasteiger partial charge in [0.25, 0.3) is 11.8 Å². The van der Waals surface area contributed by atoms with Crippen LogP contribution in [0.5, 0.6) is 0 Å². The molecule has 37 heavy (non-hydrogen) atoms. The number of carbonyl (C=O) groups is 2. The topological polar surface area (TPSA) is 40.6 Å². The lowest BCUT2D eigenvalue weighted by Crippen LogP contribution is -2.73. The van der Waals surface area contributed by atoms with Gasteiger partial charge in [0.05, 0.1) is 6.04 Å². The Bertz CT molecular complexity index is 1380. The maximum Gasteiger partial charge on any atom is 0.256 e. The van der Waals surface area contributed by atoms with Crippen molar-refractivity contribution in [2.45, 2.75) is 38.9 Å². The van der Waals surface area contributed by atoms with Crippen LogP contribution in [0.3, 0.4) is 0 Å². The Hall–Kier alpha value is -4.18. The zero-order valence-corrected chi connectivity index (χ0v) is 21.6. The fraction of sp³-hybridized carbons (Fsp3) is 0.212. The van der Waals surface area contributed by atoms with Gasteiger partial charge in [0.2, 0.25) is 0 Å². The van der Waals surface area contributed by atoms with E-state index < -0.39 is 5.54 Å². The number of benzene rings is 4. The van der Waals surface area contributed by atoms with Crippen LogP contribution < -0.4 is 0 Å². The molecule has 0 aromatic heterocycles. The van der Waals surface area contributed by atoms with E-state index in [2.05, 4.69) is 31.2 Å². The van der Waals surface area contributed by atoms with Gasteiger partial charge in [-0.05, 0) is 49.6 Å². The minimum absolute atomic E-state index is 0.0513. The molecule has 4 heteroatoms. The Morgan fingerprint density at radius 2 is 1.32 bits per heavy atom. The molecule has 0 bridgehead atoms. The highest BCUT2D eigenvalue weighted by molar-refractivity contribution is 6.03. The van der Waals surface area contributed by atoms with Gasteiger partial charge in [0, 0.05) is 18.7 Å². The van der Waals surface area contributed by atoms with E-state index in [0.29, 0.717) is 18.7 Å². The summed E-state index contributed by atoms with van der Waals surface area (Å²) in [5.41, 5.74) is 4.47. The highest BCUT2D eigenvalue weighted by Gasteiger charge is 2.66. The predicted molar refractivity (Wildman–Crippen MR) is 147 cm³/mol. The quantitative estimate of drug-likeness (QED) is 0.281. The summed E-state index contributed by atoms with van der Waals surface area (Å²) in [7, 11) is 0. The molecule has 0 aliphatic carbocycles. The molecular weight excluding hydrogens is 456 g/mol.